The molecule has 0 aliphatic heterocycles. The van der Waals surface area contributed by atoms with Crippen molar-refractivity contribution in [3.05, 3.63) is 58.8 Å². The Morgan fingerprint density at radius 2 is 1.84 bits per heavy atom. The SMILES string of the molecule is CCn1c(SC(C)C(=O)c2ccc(Br)cc2)nnc1-c1ccncc1. The molecule has 0 fully saturated rings. The summed E-state index contributed by atoms with van der Waals surface area (Å²) in [6.45, 7) is 4.67. The van der Waals surface area contributed by atoms with Gasteiger partial charge in [0.1, 0.15) is 0 Å². The summed E-state index contributed by atoms with van der Waals surface area (Å²) < 4.78 is 2.97. The summed E-state index contributed by atoms with van der Waals surface area (Å²) in [7, 11) is 0. The van der Waals surface area contributed by atoms with Gasteiger partial charge in [-0.25, -0.2) is 0 Å². The largest absolute Gasteiger partial charge is 0.302 e. The van der Waals surface area contributed by atoms with E-state index in [9.17, 15) is 4.79 Å². The molecule has 0 saturated heterocycles. The van der Waals surface area contributed by atoms with Crippen LogP contribution in [-0.4, -0.2) is 30.8 Å². The summed E-state index contributed by atoms with van der Waals surface area (Å²) >= 11 is 4.82. The predicted molar refractivity (Wildman–Crippen MR) is 103 cm³/mol. The lowest BCUT2D eigenvalue weighted by Crippen LogP contribution is -2.14. The highest BCUT2D eigenvalue weighted by Gasteiger charge is 2.21. The molecule has 0 radical (unpaired) electrons. The van der Waals surface area contributed by atoms with Gasteiger partial charge in [-0.15, -0.1) is 10.2 Å². The summed E-state index contributed by atoms with van der Waals surface area (Å²) in [6.07, 6.45) is 3.47. The summed E-state index contributed by atoms with van der Waals surface area (Å²) in [5.41, 5.74) is 1.66. The first-order valence-electron chi connectivity index (χ1n) is 7.90. The number of rotatable bonds is 6. The minimum Gasteiger partial charge on any atom is -0.302 e. The minimum absolute atomic E-state index is 0.0774. The van der Waals surface area contributed by atoms with E-state index in [0.29, 0.717) is 5.56 Å². The number of Topliss-reactive ketones (excluding diaryl/α,β-unsaturated/α-hetero) is 1. The second kappa shape index (κ2) is 7.93. The Hall–Kier alpha value is -1.99. The van der Waals surface area contributed by atoms with E-state index in [2.05, 4.69) is 31.1 Å². The standard InChI is InChI=1S/C18H17BrN4OS/c1-3-23-17(14-8-10-20-11-9-14)21-22-18(23)25-12(2)16(24)13-4-6-15(19)7-5-13/h4-12H,3H2,1-2H3. The molecule has 1 aromatic carbocycles. The third-order valence-corrected chi connectivity index (χ3v) is 5.36. The van der Waals surface area contributed by atoms with Gasteiger partial charge in [0, 0.05) is 34.5 Å². The van der Waals surface area contributed by atoms with Crippen molar-refractivity contribution in [2.75, 3.05) is 0 Å². The van der Waals surface area contributed by atoms with Gasteiger partial charge in [-0.2, -0.15) is 0 Å². The molecule has 0 N–H and O–H groups in total. The van der Waals surface area contributed by atoms with Crippen LogP contribution in [0.2, 0.25) is 0 Å². The van der Waals surface area contributed by atoms with E-state index in [4.69, 9.17) is 0 Å². The maximum absolute atomic E-state index is 12.6. The zero-order chi connectivity index (χ0) is 17.8. The predicted octanol–water partition coefficient (Wildman–Crippen LogP) is 4.49. The number of nitrogens with zero attached hydrogens (tertiary/aromatic N) is 4. The van der Waals surface area contributed by atoms with Gasteiger partial charge in [-0.1, -0.05) is 39.8 Å². The number of benzene rings is 1. The van der Waals surface area contributed by atoms with Crippen LogP contribution in [0.15, 0.2) is 58.4 Å². The van der Waals surface area contributed by atoms with Crippen LogP contribution < -0.4 is 0 Å². The van der Waals surface area contributed by atoms with Gasteiger partial charge in [0.2, 0.25) is 0 Å². The van der Waals surface area contributed by atoms with Crippen LogP contribution in [-0.2, 0) is 6.54 Å². The van der Waals surface area contributed by atoms with Crippen molar-refractivity contribution in [2.45, 2.75) is 30.8 Å². The molecule has 7 heteroatoms. The van der Waals surface area contributed by atoms with Crippen LogP contribution in [0, 0.1) is 0 Å². The van der Waals surface area contributed by atoms with E-state index < -0.39 is 0 Å². The highest BCUT2D eigenvalue weighted by Crippen LogP contribution is 2.28. The van der Waals surface area contributed by atoms with Gasteiger partial charge in [-0.05, 0) is 38.1 Å². The summed E-state index contributed by atoms with van der Waals surface area (Å²) in [6, 6.07) is 11.2. The van der Waals surface area contributed by atoms with Gasteiger partial charge in [0.05, 0.1) is 5.25 Å². The molecule has 1 unspecified atom stereocenters. The minimum atomic E-state index is -0.249. The Labute approximate surface area is 159 Å². The second-order valence-electron chi connectivity index (χ2n) is 5.42. The molecular formula is C18H17BrN4OS. The number of pyridine rings is 1. The lowest BCUT2D eigenvalue weighted by Gasteiger charge is -2.11. The molecule has 3 aromatic rings. The van der Waals surface area contributed by atoms with Crippen LogP contribution in [0.25, 0.3) is 11.4 Å². The molecule has 1 atom stereocenters. The molecule has 25 heavy (non-hydrogen) atoms. The molecular weight excluding hydrogens is 400 g/mol. The summed E-state index contributed by atoms with van der Waals surface area (Å²) in [5.74, 6) is 0.865. The van der Waals surface area contributed by atoms with Gasteiger partial charge in [0.15, 0.2) is 16.8 Å². The average Bonchev–Trinajstić information content (AvgIpc) is 3.05. The fraction of sp³-hybridized carbons (Fsp3) is 0.222. The molecule has 0 aliphatic rings. The van der Waals surface area contributed by atoms with Crippen molar-refractivity contribution < 1.29 is 4.79 Å². The maximum atomic E-state index is 12.6. The molecule has 5 nitrogen and oxygen atoms in total. The molecule has 2 aromatic heterocycles. The van der Waals surface area contributed by atoms with Crippen LogP contribution in [0.5, 0.6) is 0 Å². The Morgan fingerprint density at radius 3 is 2.48 bits per heavy atom. The topological polar surface area (TPSA) is 60.7 Å². The van der Waals surface area contributed by atoms with E-state index in [1.54, 1.807) is 12.4 Å². The first kappa shape index (κ1) is 17.8. The monoisotopic (exact) mass is 416 g/mol. The maximum Gasteiger partial charge on any atom is 0.192 e. The van der Waals surface area contributed by atoms with E-state index in [-0.39, 0.29) is 11.0 Å². The van der Waals surface area contributed by atoms with Crippen molar-refractivity contribution in [3.8, 4) is 11.4 Å². The number of hydrogen-bond donors (Lipinski definition) is 0. The van der Waals surface area contributed by atoms with Crippen LogP contribution in [0.3, 0.4) is 0 Å². The number of thioether (sulfide) groups is 1. The fourth-order valence-electron chi connectivity index (χ4n) is 2.44. The fourth-order valence-corrected chi connectivity index (χ4v) is 3.69. The zero-order valence-corrected chi connectivity index (χ0v) is 16.3. The highest BCUT2D eigenvalue weighted by molar-refractivity contribution is 9.10. The Morgan fingerprint density at radius 1 is 1.16 bits per heavy atom. The number of hydrogen-bond acceptors (Lipinski definition) is 5. The van der Waals surface area contributed by atoms with Crippen molar-refractivity contribution in [2.24, 2.45) is 0 Å². The highest BCUT2D eigenvalue weighted by atomic mass is 79.9. The first-order valence-corrected chi connectivity index (χ1v) is 9.57. The van der Waals surface area contributed by atoms with Crippen LogP contribution in [0.4, 0.5) is 0 Å². The molecule has 0 saturated carbocycles. The Bertz CT molecular complexity index is 865. The molecule has 0 bridgehead atoms. The molecule has 128 valence electrons. The molecule has 0 aliphatic carbocycles. The van der Waals surface area contributed by atoms with Gasteiger partial charge >= 0.3 is 0 Å². The number of ketones is 1. The third kappa shape index (κ3) is 3.99. The average molecular weight is 417 g/mol. The third-order valence-electron chi connectivity index (χ3n) is 3.75. The quantitative estimate of drug-likeness (QED) is 0.437. The van der Waals surface area contributed by atoms with Crippen molar-refractivity contribution in [1.29, 1.82) is 0 Å². The number of halogens is 1. The lowest BCUT2D eigenvalue weighted by atomic mass is 10.1. The van der Waals surface area contributed by atoms with E-state index in [1.165, 1.54) is 11.8 Å². The van der Waals surface area contributed by atoms with Gasteiger partial charge < -0.3 is 4.57 Å². The summed E-state index contributed by atoms with van der Waals surface area (Å²) in [4.78, 5) is 16.7. The van der Waals surface area contributed by atoms with Crippen LogP contribution in [0.1, 0.15) is 24.2 Å². The Balaban J connectivity index is 1.82. The van der Waals surface area contributed by atoms with E-state index >= 15 is 0 Å². The second-order valence-corrected chi connectivity index (χ2v) is 7.64. The zero-order valence-electron chi connectivity index (χ0n) is 13.9. The first-order chi connectivity index (χ1) is 12.1. The van der Waals surface area contributed by atoms with Crippen molar-refractivity contribution in [1.82, 2.24) is 19.7 Å². The number of carbonyl (C=O) groups is 1. The van der Waals surface area contributed by atoms with Crippen LogP contribution >= 0.6 is 27.7 Å². The summed E-state index contributed by atoms with van der Waals surface area (Å²) in [5, 5.41) is 9.08. The lowest BCUT2D eigenvalue weighted by molar-refractivity contribution is 0.0994. The smallest absolute Gasteiger partial charge is 0.192 e. The van der Waals surface area contributed by atoms with Crippen molar-refractivity contribution in [3.63, 3.8) is 0 Å². The molecule has 0 spiro atoms. The van der Waals surface area contributed by atoms with Gasteiger partial charge in [-0.3, -0.25) is 9.78 Å². The molecule has 2 heterocycles. The van der Waals surface area contributed by atoms with Crippen molar-refractivity contribution >= 4 is 33.5 Å². The van der Waals surface area contributed by atoms with E-state index in [1.807, 2.05) is 54.8 Å². The Kier molecular flexibility index (Phi) is 5.65. The van der Waals surface area contributed by atoms with E-state index in [0.717, 1.165) is 27.6 Å². The number of aromatic nitrogens is 4. The molecule has 0 amide bonds. The normalized spacial score (nSPS) is 12.1. The molecule has 3 rings (SSSR count). The van der Waals surface area contributed by atoms with Gasteiger partial charge in [0.25, 0.3) is 0 Å². The number of carbonyl (C=O) groups excluding carboxylic acids is 1.